The molecule has 2 aliphatic carbocycles. The van der Waals surface area contributed by atoms with Crippen LogP contribution in [-0.4, -0.2) is 24.1 Å². The molecule has 0 saturated heterocycles. The molecule has 128 valence electrons. The van der Waals surface area contributed by atoms with Crippen LogP contribution in [0, 0.1) is 0 Å². The van der Waals surface area contributed by atoms with Gasteiger partial charge in [0.2, 0.25) is 0 Å². The molecule has 4 heteroatoms. The summed E-state index contributed by atoms with van der Waals surface area (Å²) < 4.78 is 10.0. The topological polar surface area (TPSA) is 52.6 Å². The molecule has 0 atom stereocenters. The van der Waals surface area contributed by atoms with Gasteiger partial charge in [-0.05, 0) is 51.4 Å². The average molecular weight is 312 g/mol. The fourth-order valence-electron chi connectivity index (χ4n) is 2.44. The Morgan fingerprint density at radius 2 is 1.00 bits per heavy atom. The largest absolute Gasteiger partial charge is 0.459 e. The second-order valence-corrected chi connectivity index (χ2v) is 5.09. The summed E-state index contributed by atoms with van der Waals surface area (Å²) in [5, 5.41) is 0. The number of ether oxygens (including phenoxy) is 2. The number of rotatable bonds is 4. The van der Waals surface area contributed by atoms with Crippen molar-refractivity contribution in [3.05, 3.63) is 25.3 Å². The first-order valence-corrected chi connectivity index (χ1v) is 7.31. The number of carbonyl (C=O) groups excluding carboxylic acids is 2. The first-order valence-electron chi connectivity index (χ1n) is 7.31. The molecular weight excluding hydrogens is 280 g/mol. The predicted octanol–water partition coefficient (Wildman–Crippen LogP) is 4.59. The molecular formula is C18H32O4. The molecule has 0 amide bonds. The molecule has 2 fully saturated rings. The summed E-state index contributed by atoms with van der Waals surface area (Å²) in [4.78, 5) is 21.3. The predicted molar refractivity (Wildman–Crippen MR) is 90.6 cm³/mol. The lowest BCUT2D eigenvalue weighted by molar-refractivity contribution is -0.143. The van der Waals surface area contributed by atoms with Crippen LogP contribution in [0.2, 0.25) is 0 Å². The van der Waals surface area contributed by atoms with Gasteiger partial charge in [0, 0.05) is 12.2 Å². The highest BCUT2D eigenvalue weighted by Gasteiger charge is 2.18. The van der Waals surface area contributed by atoms with Crippen LogP contribution in [0.1, 0.15) is 66.2 Å². The van der Waals surface area contributed by atoms with E-state index in [1.165, 1.54) is 37.8 Å². The van der Waals surface area contributed by atoms with E-state index >= 15 is 0 Å². The summed E-state index contributed by atoms with van der Waals surface area (Å²) in [6, 6.07) is 0. The second kappa shape index (κ2) is 13.1. The van der Waals surface area contributed by atoms with E-state index in [0.29, 0.717) is 0 Å². The van der Waals surface area contributed by atoms with Crippen molar-refractivity contribution < 1.29 is 19.1 Å². The smallest absolute Gasteiger partial charge is 0.330 e. The molecule has 0 unspecified atom stereocenters. The van der Waals surface area contributed by atoms with E-state index in [-0.39, 0.29) is 39.0 Å². The summed E-state index contributed by atoms with van der Waals surface area (Å²) in [6.07, 6.45) is 11.7. The third-order valence-electron chi connectivity index (χ3n) is 3.50. The molecule has 0 heterocycles. The lowest BCUT2D eigenvalue weighted by Crippen LogP contribution is -2.11. The fraction of sp³-hybridized carbons (Fsp3) is 0.667. The van der Waals surface area contributed by atoms with E-state index < -0.39 is 0 Å². The van der Waals surface area contributed by atoms with E-state index in [2.05, 4.69) is 13.2 Å². The second-order valence-electron chi connectivity index (χ2n) is 5.09. The molecule has 2 saturated carbocycles. The van der Waals surface area contributed by atoms with Gasteiger partial charge in [-0.2, -0.15) is 0 Å². The summed E-state index contributed by atoms with van der Waals surface area (Å²) >= 11 is 0. The summed E-state index contributed by atoms with van der Waals surface area (Å²) in [6.45, 7) is 6.66. The van der Waals surface area contributed by atoms with Gasteiger partial charge in [-0.15, -0.1) is 0 Å². The fourth-order valence-corrected chi connectivity index (χ4v) is 2.44. The van der Waals surface area contributed by atoms with E-state index in [4.69, 9.17) is 9.47 Å². The van der Waals surface area contributed by atoms with E-state index in [1.54, 1.807) is 0 Å². The van der Waals surface area contributed by atoms with Gasteiger partial charge in [0.05, 0.1) is 0 Å². The van der Waals surface area contributed by atoms with E-state index in [0.717, 1.165) is 25.7 Å². The molecule has 4 nitrogen and oxygen atoms in total. The molecule has 2 rings (SSSR count). The third kappa shape index (κ3) is 9.37. The van der Waals surface area contributed by atoms with Crippen molar-refractivity contribution in [2.75, 3.05) is 0 Å². The van der Waals surface area contributed by atoms with Crippen molar-refractivity contribution in [1.29, 1.82) is 0 Å². The van der Waals surface area contributed by atoms with Gasteiger partial charge in [0.25, 0.3) is 0 Å². The monoisotopic (exact) mass is 312 g/mol. The van der Waals surface area contributed by atoms with Gasteiger partial charge in [0.1, 0.15) is 12.2 Å². The summed E-state index contributed by atoms with van der Waals surface area (Å²) in [5.41, 5.74) is 0. The Labute approximate surface area is 135 Å². The Kier molecular flexibility index (Phi) is 13.5. The maximum absolute atomic E-state index is 10.6. The van der Waals surface area contributed by atoms with Crippen molar-refractivity contribution in [2.24, 2.45) is 0 Å². The minimum Gasteiger partial charge on any atom is -0.459 e. The van der Waals surface area contributed by atoms with Gasteiger partial charge in [-0.3, -0.25) is 0 Å². The first kappa shape index (κ1) is 22.7. The zero-order valence-electron chi connectivity index (χ0n) is 12.0. The molecule has 2 aliphatic rings. The van der Waals surface area contributed by atoms with Crippen LogP contribution in [-0.2, 0) is 19.1 Å². The Morgan fingerprint density at radius 3 is 1.23 bits per heavy atom. The number of esters is 2. The van der Waals surface area contributed by atoms with Gasteiger partial charge in [-0.25, -0.2) is 9.59 Å². The van der Waals surface area contributed by atoms with E-state index in [1.807, 2.05) is 0 Å². The first-order chi connectivity index (χ1) is 9.65. The van der Waals surface area contributed by atoms with Crippen LogP contribution in [0.4, 0.5) is 0 Å². The molecule has 0 aromatic rings. The van der Waals surface area contributed by atoms with Crippen molar-refractivity contribution in [2.45, 2.75) is 78.4 Å². The minimum absolute atomic E-state index is 0. The third-order valence-corrected chi connectivity index (χ3v) is 3.50. The van der Waals surface area contributed by atoms with Crippen LogP contribution in [0.15, 0.2) is 25.3 Å². The highest BCUT2D eigenvalue weighted by Crippen LogP contribution is 2.21. The standard InChI is InChI=1S/2C8H12O2.2CH4/c2*1-2-8(9)10-7-5-3-4-6-7;;/h2*2,7H,1,3-6H2;2*1H4. The molecule has 0 aliphatic heterocycles. The van der Waals surface area contributed by atoms with Crippen LogP contribution in [0.25, 0.3) is 0 Å². The maximum atomic E-state index is 10.6. The summed E-state index contributed by atoms with van der Waals surface area (Å²) in [5.74, 6) is -0.571. The molecule has 0 aromatic carbocycles. The number of carbonyl (C=O) groups is 2. The molecule has 0 aromatic heterocycles. The van der Waals surface area contributed by atoms with E-state index in [9.17, 15) is 9.59 Å². The molecule has 0 N–H and O–H groups in total. The highest BCUT2D eigenvalue weighted by molar-refractivity contribution is 5.81. The van der Waals surface area contributed by atoms with Gasteiger partial charge < -0.3 is 9.47 Å². The number of hydrogen-bond acceptors (Lipinski definition) is 4. The van der Waals surface area contributed by atoms with Crippen LogP contribution < -0.4 is 0 Å². The molecule has 0 bridgehead atoms. The maximum Gasteiger partial charge on any atom is 0.330 e. The quantitative estimate of drug-likeness (QED) is 0.563. The lowest BCUT2D eigenvalue weighted by atomic mass is 10.3. The Bertz CT molecular complexity index is 303. The molecule has 22 heavy (non-hydrogen) atoms. The van der Waals surface area contributed by atoms with Crippen molar-refractivity contribution >= 4 is 11.9 Å². The van der Waals surface area contributed by atoms with Crippen LogP contribution in [0.3, 0.4) is 0 Å². The minimum atomic E-state index is -0.285. The zero-order valence-corrected chi connectivity index (χ0v) is 12.0. The lowest BCUT2D eigenvalue weighted by Gasteiger charge is -2.07. The molecule has 0 spiro atoms. The number of hydrogen-bond donors (Lipinski definition) is 0. The Balaban J connectivity index is 0. The van der Waals surface area contributed by atoms with Crippen molar-refractivity contribution in [3.8, 4) is 0 Å². The van der Waals surface area contributed by atoms with Crippen LogP contribution in [0.5, 0.6) is 0 Å². The highest BCUT2D eigenvalue weighted by atomic mass is 16.5. The summed E-state index contributed by atoms with van der Waals surface area (Å²) in [7, 11) is 0. The van der Waals surface area contributed by atoms with Crippen molar-refractivity contribution in [3.63, 3.8) is 0 Å². The zero-order chi connectivity index (χ0) is 14.8. The van der Waals surface area contributed by atoms with Gasteiger partial charge in [0.15, 0.2) is 0 Å². The van der Waals surface area contributed by atoms with Crippen LogP contribution >= 0.6 is 0 Å². The van der Waals surface area contributed by atoms with Gasteiger partial charge >= 0.3 is 11.9 Å². The Hall–Kier alpha value is -1.58. The molecule has 0 radical (unpaired) electrons. The van der Waals surface area contributed by atoms with Crippen molar-refractivity contribution in [1.82, 2.24) is 0 Å². The normalized spacial score (nSPS) is 17.1. The SMILES string of the molecule is C.C.C=CC(=O)OC1CCCC1.C=CC(=O)OC1CCCC1. The van der Waals surface area contributed by atoms with Gasteiger partial charge in [-0.1, -0.05) is 28.0 Å². The Morgan fingerprint density at radius 1 is 0.727 bits per heavy atom. The average Bonchev–Trinajstić information content (AvgIpc) is 3.12.